The molecule has 1 aliphatic carbocycles. The van der Waals surface area contributed by atoms with Gasteiger partial charge in [-0.2, -0.15) is 0 Å². The highest BCUT2D eigenvalue weighted by molar-refractivity contribution is 6.30. The highest BCUT2D eigenvalue weighted by Gasteiger charge is 2.26. The summed E-state index contributed by atoms with van der Waals surface area (Å²) >= 11 is 5.95. The van der Waals surface area contributed by atoms with E-state index in [1.807, 2.05) is 22.8 Å². The van der Waals surface area contributed by atoms with E-state index in [2.05, 4.69) is 43.8 Å². The smallest absolute Gasteiger partial charge is 0.141 e. The number of nitrogens with one attached hydrogen (secondary N) is 2. The molecule has 2 N–H and O–H groups in total. The van der Waals surface area contributed by atoms with Crippen LogP contribution in [-0.2, 0) is 6.42 Å². The number of rotatable bonds is 6. The fourth-order valence-corrected chi connectivity index (χ4v) is 4.65. The van der Waals surface area contributed by atoms with E-state index in [0.717, 1.165) is 52.7 Å². The maximum atomic E-state index is 5.95. The maximum Gasteiger partial charge on any atom is 0.141 e. The number of nitrogens with zero attached hydrogens (tertiary/aromatic N) is 4. The number of fused-ring (bicyclic) bond motifs is 3. The topological polar surface area (TPSA) is 70.9 Å². The summed E-state index contributed by atoms with van der Waals surface area (Å²) in [6.45, 7) is 2.10. The summed E-state index contributed by atoms with van der Waals surface area (Å²) in [5, 5.41) is 14.4. The Labute approximate surface area is 174 Å². The fourth-order valence-electron chi connectivity index (χ4n) is 4.52. The molecule has 3 heterocycles. The number of aromatic nitrogens is 5. The first-order chi connectivity index (χ1) is 14.3. The van der Waals surface area contributed by atoms with Gasteiger partial charge in [0.15, 0.2) is 0 Å². The van der Waals surface area contributed by atoms with Gasteiger partial charge in [0.05, 0.1) is 5.69 Å². The van der Waals surface area contributed by atoms with Crippen LogP contribution in [0.25, 0.3) is 16.6 Å². The molecule has 3 aromatic heterocycles. The highest BCUT2D eigenvalue weighted by Crippen LogP contribution is 2.37. The zero-order valence-electron chi connectivity index (χ0n) is 16.3. The van der Waals surface area contributed by atoms with Crippen molar-refractivity contribution in [1.82, 2.24) is 30.1 Å². The van der Waals surface area contributed by atoms with E-state index in [1.54, 1.807) is 6.33 Å². The van der Waals surface area contributed by atoms with E-state index in [1.165, 1.54) is 31.2 Å². The Bertz CT molecular complexity index is 1090. The predicted octanol–water partition coefficient (Wildman–Crippen LogP) is 4.37. The Morgan fingerprint density at radius 3 is 2.76 bits per heavy atom. The first kappa shape index (κ1) is 18.6. The van der Waals surface area contributed by atoms with Crippen LogP contribution in [-0.4, -0.2) is 37.9 Å². The second kappa shape index (κ2) is 8.13. The third-order valence-corrected chi connectivity index (χ3v) is 6.42. The Hall–Kier alpha value is -2.44. The van der Waals surface area contributed by atoms with Crippen LogP contribution in [0.2, 0.25) is 5.02 Å². The lowest BCUT2D eigenvalue weighted by atomic mass is 9.80. The lowest BCUT2D eigenvalue weighted by Crippen LogP contribution is -2.27. The van der Waals surface area contributed by atoms with Crippen molar-refractivity contribution in [2.24, 2.45) is 5.92 Å². The van der Waals surface area contributed by atoms with E-state index in [9.17, 15) is 0 Å². The molecule has 0 saturated heterocycles. The van der Waals surface area contributed by atoms with Crippen molar-refractivity contribution in [1.29, 1.82) is 0 Å². The summed E-state index contributed by atoms with van der Waals surface area (Å²) in [4.78, 5) is 7.58. The van der Waals surface area contributed by atoms with Crippen LogP contribution in [0.1, 0.15) is 42.9 Å². The zero-order valence-corrected chi connectivity index (χ0v) is 17.1. The average Bonchev–Trinajstić information content (AvgIpc) is 3.39. The molecule has 0 atom stereocenters. The molecule has 1 fully saturated rings. The van der Waals surface area contributed by atoms with Crippen LogP contribution in [0.4, 0.5) is 0 Å². The van der Waals surface area contributed by atoms with Crippen molar-refractivity contribution in [3.63, 3.8) is 0 Å². The monoisotopic (exact) mass is 408 g/mol. The molecule has 6 nitrogen and oxygen atoms in total. The van der Waals surface area contributed by atoms with Crippen molar-refractivity contribution in [2.75, 3.05) is 13.1 Å². The van der Waals surface area contributed by atoms with E-state index >= 15 is 0 Å². The zero-order chi connectivity index (χ0) is 19.6. The van der Waals surface area contributed by atoms with E-state index in [0.29, 0.717) is 5.92 Å². The number of aromatic amines is 1. The van der Waals surface area contributed by atoms with Crippen LogP contribution >= 0.6 is 11.6 Å². The van der Waals surface area contributed by atoms with Crippen molar-refractivity contribution in [3.8, 4) is 0 Å². The van der Waals surface area contributed by atoms with Gasteiger partial charge >= 0.3 is 0 Å². The molecule has 0 aliphatic heterocycles. The quantitative estimate of drug-likeness (QED) is 0.465. The van der Waals surface area contributed by atoms with Gasteiger partial charge in [-0.05, 0) is 74.9 Å². The molecule has 7 heteroatoms. The van der Waals surface area contributed by atoms with Gasteiger partial charge < -0.3 is 10.3 Å². The van der Waals surface area contributed by atoms with Gasteiger partial charge in [0, 0.05) is 22.5 Å². The molecule has 4 aromatic rings. The molecule has 1 saturated carbocycles. The number of hydrogen-bond acceptors (Lipinski definition) is 4. The van der Waals surface area contributed by atoms with Crippen LogP contribution < -0.4 is 5.32 Å². The van der Waals surface area contributed by atoms with Gasteiger partial charge in [-0.1, -0.05) is 28.9 Å². The molecule has 150 valence electrons. The lowest BCUT2D eigenvalue weighted by molar-refractivity contribution is 0.313. The second-order valence-corrected chi connectivity index (χ2v) is 8.49. The predicted molar refractivity (Wildman–Crippen MR) is 115 cm³/mol. The van der Waals surface area contributed by atoms with Crippen LogP contribution in [0.15, 0.2) is 42.9 Å². The Kier molecular flexibility index (Phi) is 5.21. The van der Waals surface area contributed by atoms with Gasteiger partial charge in [-0.3, -0.25) is 0 Å². The second-order valence-electron chi connectivity index (χ2n) is 8.05. The van der Waals surface area contributed by atoms with Gasteiger partial charge in [-0.15, -0.1) is 5.10 Å². The molecule has 0 radical (unpaired) electrons. The Balaban J connectivity index is 1.15. The number of H-pyrrole nitrogens is 1. The summed E-state index contributed by atoms with van der Waals surface area (Å²) in [6.07, 6.45) is 9.54. The number of halogens is 1. The molecular weight excluding hydrogens is 384 g/mol. The van der Waals surface area contributed by atoms with Crippen LogP contribution in [0, 0.1) is 5.92 Å². The van der Waals surface area contributed by atoms with Gasteiger partial charge in [0.1, 0.15) is 17.5 Å². The minimum Gasteiger partial charge on any atom is -0.346 e. The van der Waals surface area contributed by atoms with E-state index < -0.39 is 0 Å². The minimum absolute atomic E-state index is 0.485. The molecule has 0 unspecified atom stereocenters. The molecule has 0 bridgehead atoms. The summed E-state index contributed by atoms with van der Waals surface area (Å²) in [5.41, 5.74) is 4.47. The summed E-state index contributed by atoms with van der Waals surface area (Å²) in [7, 11) is 0. The summed E-state index contributed by atoms with van der Waals surface area (Å²) in [5.74, 6) is 1.23. The largest absolute Gasteiger partial charge is 0.346 e. The SMILES string of the molecule is Clc1ccc(CCNCC2CCC(c3nnn4cnc5[nH]ccc5c34)CC2)cc1. The number of benzene rings is 1. The fraction of sp³-hybridized carbons (Fsp3) is 0.409. The molecule has 29 heavy (non-hydrogen) atoms. The summed E-state index contributed by atoms with van der Waals surface area (Å²) in [6, 6.07) is 10.2. The standard InChI is InChI=1S/C22H25ClN6/c23-18-7-3-15(4-8-18)9-11-24-13-16-1-5-17(6-2-16)20-21-19-10-12-25-22(19)26-14-29(21)28-27-20/h3-4,7-8,10,12,14,16-17,24-25H,1-2,5-6,9,11,13H2. The number of hydrogen-bond donors (Lipinski definition) is 2. The molecule has 0 spiro atoms. The lowest BCUT2D eigenvalue weighted by Gasteiger charge is -2.27. The van der Waals surface area contributed by atoms with Gasteiger partial charge in [0.25, 0.3) is 0 Å². The molecule has 0 amide bonds. The van der Waals surface area contributed by atoms with E-state index in [-0.39, 0.29) is 0 Å². The molecule has 1 aromatic carbocycles. The molecule has 1 aliphatic rings. The Morgan fingerprint density at radius 2 is 1.93 bits per heavy atom. The average molecular weight is 409 g/mol. The first-order valence-electron chi connectivity index (χ1n) is 10.4. The van der Waals surface area contributed by atoms with Crippen molar-refractivity contribution in [3.05, 3.63) is 59.1 Å². The van der Waals surface area contributed by atoms with Gasteiger partial charge in [-0.25, -0.2) is 9.50 Å². The summed E-state index contributed by atoms with van der Waals surface area (Å²) < 4.78 is 1.82. The maximum absolute atomic E-state index is 5.95. The third kappa shape index (κ3) is 3.87. The van der Waals surface area contributed by atoms with Crippen molar-refractivity contribution < 1.29 is 0 Å². The van der Waals surface area contributed by atoms with E-state index in [4.69, 9.17) is 11.6 Å². The van der Waals surface area contributed by atoms with Gasteiger partial charge in [0.2, 0.25) is 0 Å². The van der Waals surface area contributed by atoms with Crippen molar-refractivity contribution >= 4 is 28.2 Å². The first-order valence-corrected chi connectivity index (χ1v) is 10.8. The van der Waals surface area contributed by atoms with Crippen LogP contribution in [0.5, 0.6) is 0 Å². The third-order valence-electron chi connectivity index (χ3n) is 6.17. The highest BCUT2D eigenvalue weighted by atomic mass is 35.5. The normalized spacial score (nSPS) is 19.9. The Morgan fingerprint density at radius 1 is 1.10 bits per heavy atom. The van der Waals surface area contributed by atoms with Crippen LogP contribution in [0.3, 0.4) is 0 Å². The van der Waals surface area contributed by atoms with Crippen molar-refractivity contribution in [2.45, 2.75) is 38.0 Å². The molecule has 5 rings (SSSR count). The molecular formula is C22H25ClN6. The minimum atomic E-state index is 0.485.